The SMILES string of the molecule is COc1ccc(/C=C2/CCn3c2nc2sc(C(=O)O)c(C)c2c3=O)cc1. The van der Waals surface area contributed by atoms with Gasteiger partial charge in [0.2, 0.25) is 0 Å². The number of aryl methyl sites for hydroxylation is 1. The second-order valence-electron chi connectivity index (χ2n) is 6.13. The maximum atomic E-state index is 12.9. The lowest BCUT2D eigenvalue weighted by Gasteiger charge is -2.04. The fraction of sp³-hybridized carbons (Fsp3) is 0.211. The topological polar surface area (TPSA) is 81.4 Å². The Labute approximate surface area is 153 Å². The molecule has 0 bridgehead atoms. The van der Waals surface area contributed by atoms with Crippen molar-refractivity contribution in [3.05, 3.63) is 56.4 Å². The molecule has 0 saturated carbocycles. The zero-order chi connectivity index (χ0) is 18.4. The summed E-state index contributed by atoms with van der Waals surface area (Å²) in [5.41, 5.74) is 2.30. The van der Waals surface area contributed by atoms with E-state index in [-0.39, 0.29) is 10.4 Å². The normalized spacial score (nSPS) is 14.8. The molecule has 1 N–H and O–H groups in total. The van der Waals surface area contributed by atoms with Crippen molar-refractivity contribution in [2.75, 3.05) is 7.11 Å². The Kier molecular flexibility index (Phi) is 3.88. The van der Waals surface area contributed by atoms with Gasteiger partial charge >= 0.3 is 5.97 Å². The van der Waals surface area contributed by atoms with Gasteiger partial charge in [0.05, 0.1) is 12.5 Å². The van der Waals surface area contributed by atoms with Gasteiger partial charge in [0.15, 0.2) is 0 Å². The summed E-state index contributed by atoms with van der Waals surface area (Å²) in [6, 6.07) is 7.66. The average molecular weight is 368 g/mol. The van der Waals surface area contributed by atoms with Crippen molar-refractivity contribution < 1.29 is 14.6 Å². The van der Waals surface area contributed by atoms with Crippen LogP contribution in [0.3, 0.4) is 0 Å². The second-order valence-corrected chi connectivity index (χ2v) is 7.13. The van der Waals surface area contributed by atoms with Crippen molar-refractivity contribution in [2.24, 2.45) is 0 Å². The van der Waals surface area contributed by atoms with Gasteiger partial charge in [-0.25, -0.2) is 9.78 Å². The number of methoxy groups -OCH3 is 1. The van der Waals surface area contributed by atoms with Crippen LogP contribution in [0, 0.1) is 6.92 Å². The third-order valence-corrected chi connectivity index (χ3v) is 5.77. The van der Waals surface area contributed by atoms with Crippen LogP contribution < -0.4 is 10.3 Å². The highest BCUT2D eigenvalue weighted by Gasteiger charge is 2.25. The molecule has 3 aromatic rings. The molecule has 3 heterocycles. The van der Waals surface area contributed by atoms with Gasteiger partial charge in [0.1, 0.15) is 21.3 Å². The number of hydrogen-bond acceptors (Lipinski definition) is 5. The van der Waals surface area contributed by atoms with Gasteiger partial charge in [-0.2, -0.15) is 0 Å². The second kappa shape index (κ2) is 6.10. The van der Waals surface area contributed by atoms with E-state index in [1.54, 1.807) is 18.6 Å². The van der Waals surface area contributed by atoms with Crippen molar-refractivity contribution in [2.45, 2.75) is 19.9 Å². The van der Waals surface area contributed by atoms with Crippen molar-refractivity contribution in [3.63, 3.8) is 0 Å². The van der Waals surface area contributed by atoms with E-state index in [2.05, 4.69) is 4.98 Å². The number of nitrogens with zero attached hydrogens (tertiary/aromatic N) is 2. The number of aromatic carboxylic acids is 1. The molecule has 132 valence electrons. The third-order valence-electron chi connectivity index (χ3n) is 4.59. The number of carboxylic acid groups (broad SMARTS) is 1. The van der Waals surface area contributed by atoms with Crippen LogP contribution in [0.2, 0.25) is 0 Å². The molecule has 0 atom stereocenters. The molecule has 26 heavy (non-hydrogen) atoms. The van der Waals surface area contributed by atoms with Gasteiger partial charge in [0, 0.05) is 6.54 Å². The minimum Gasteiger partial charge on any atom is -0.497 e. The molecule has 0 amide bonds. The molecule has 0 fully saturated rings. The van der Waals surface area contributed by atoms with Gasteiger partial charge in [-0.05, 0) is 48.3 Å². The van der Waals surface area contributed by atoms with E-state index in [9.17, 15) is 14.7 Å². The molecule has 1 aliphatic heterocycles. The number of ether oxygens (including phenoxy) is 1. The number of thiophene rings is 1. The maximum absolute atomic E-state index is 12.9. The summed E-state index contributed by atoms with van der Waals surface area (Å²) in [5, 5.41) is 9.73. The molecule has 0 saturated heterocycles. The van der Waals surface area contributed by atoms with Crippen LogP contribution in [0.1, 0.15) is 33.0 Å². The Hall–Kier alpha value is -2.93. The van der Waals surface area contributed by atoms with Gasteiger partial charge in [0.25, 0.3) is 5.56 Å². The number of hydrogen-bond donors (Lipinski definition) is 1. The lowest BCUT2D eigenvalue weighted by atomic mass is 10.1. The number of rotatable bonds is 3. The molecule has 0 spiro atoms. The van der Waals surface area contributed by atoms with Gasteiger partial charge in [-0.1, -0.05) is 12.1 Å². The van der Waals surface area contributed by atoms with Crippen LogP contribution in [-0.2, 0) is 6.54 Å². The Morgan fingerprint density at radius 1 is 1.35 bits per heavy atom. The fourth-order valence-electron chi connectivity index (χ4n) is 3.26. The Balaban J connectivity index is 1.86. The smallest absolute Gasteiger partial charge is 0.346 e. The Morgan fingerprint density at radius 3 is 2.73 bits per heavy atom. The molecule has 1 aromatic carbocycles. The van der Waals surface area contributed by atoms with Crippen molar-refractivity contribution in [3.8, 4) is 5.75 Å². The first-order chi connectivity index (χ1) is 12.5. The van der Waals surface area contributed by atoms with E-state index in [0.717, 1.165) is 34.6 Å². The number of carbonyl (C=O) groups is 1. The van der Waals surface area contributed by atoms with Crippen molar-refractivity contribution in [1.29, 1.82) is 0 Å². The van der Waals surface area contributed by atoms with E-state index < -0.39 is 5.97 Å². The zero-order valence-electron chi connectivity index (χ0n) is 14.3. The predicted octanol–water partition coefficient (Wildman–Crippen LogP) is 3.42. The highest BCUT2D eigenvalue weighted by molar-refractivity contribution is 7.20. The molecule has 4 rings (SSSR count). The Morgan fingerprint density at radius 2 is 2.08 bits per heavy atom. The van der Waals surface area contributed by atoms with Gasteiger partial charge in [-0.15, -0.1) is 11.3 Å². The largest absolute Gasteiger partial charge is 0.497 e. The first-order valence-corrected chi connectivity index (χ1v) is 8.93. The van der Waals surface area contributed by atoms with Crippen LogP contribution in [0.15, 0.2) is 29.1 Å². The maximum Gasteiger partial charge on any atom is 0.346 e. The predicted molar refractivity (Wildman–Crippen MR) is 101 cm³/mol. The number of fused-ring (bicyclic) bond motifs is 2. The lowest BCUT2D eigenvalue weighted by molar-refractivity contribution is 0.0701. The quantitative estimate of drug-likeness (QED) is 0.766. The first-order valence-electron chi connectivity index (χ1n) is 8.12. The molecular formula is C19H16N2O4S. The summed E-state index contributed by atoms with van der Waals surface area (Å²) in [5.74, 6) is 0.380. The van der Waals surface area contributed by atoms with E-state index in [4.69, 9.17) is 4.74 Å². The molecule has 6 nitrogen and oxygen atoms in total. The summed E-state index contributed by atoms with van der Waals surface area (Å²) < 4.78 is 6.81. The minimum atomic E-state index is -1.02. The molecule has 2 aromatic heterocycles. The van der Waals surface area contributed by atoms with Crippen molar-refractivity contribution in [1.82, 2.24) is 9.55 Å². The molecule has 1 aliphatic rings. The number of benzene rings is 1. The summed E-state index contributed by atoms with van der Waals surface area (Å²) in [6.45, 7) is 2.22. The molecular weight excluding hydrogens is 352 g/mol. The first kappa shape index (κ1) is 16.5. The average Bonchev–Trinajstić information content (AvgIpc) is 3.18. The monoisotopic (exact) mass is 368 g/mol. The third kappa shape index (κ3) is 2.52. The summed E-state index contributed by atoms with van der Waals surface area (Å²) >= 11 is 1.06. The number of carboxylic acids is 1. The van der Waals surface area contributed by atoms with Crippen molar-refractivity contribution >= 4 is 39.2 Å². The minimum absolute atomic E-state index is 0.163. The van der Waals surface area contributed by atoms with Crippen LogP contribution in [0.25, 0.3) is 21.9 Å². The van der Waals surface area contributed by atoms with E-state index in [0.29, 0.717) is 28.1 Å². The van der Waals surface area contributed by atoms with Crippen LogP contribution in [0.5, 0.6) is 5.75 Å². The number of aromatic nitrogens is 2. The fourth-order valence-corrected chi connectivity index (χ4v) is 4.27. The standard InChI is InChI=1S/C19H16N2O4S/c1-10-14-17(26-15(10)19(23)24)20-16-12(7-8-21(16)18(14)22)9-11-3-5-13(25-2)6-4-11/h3-6,9H,7-8H2,1-2H3,(H,23,24)/b12-9-. The lowest BCUT2D eigenvalue weighted by Crippen LogP contribution is -2.20. The molecule has 0 aliphatic carbocycles. The summed E-state index contributed by atoms with van der Waals surface area (Å²) in [4.78, 5) is 29.5. The number of allylic oxidation sites excluding steroid dienone is 1. The van der Waals surface area contributed by atoms with Gasteiger partial charge in [-0.3, -0.25) is 9.36 Å². The highest BCUT2D eigenvalue weighted by Crippen LogP contribution is 2.32. The van der Waals surface area contributed by atoms with Crippen LogP contribution in [-0.4, -0.2) is 27.7 Å². The van der Waals surface area contributed by atoms with Crippen LogP contribution >= 0.6 is 11.3 Å². The molecule has 0 radical (unpaired) electrons. The van der Waals surface area contributed by atoms with E-state index >= 15 is 0 Å². The molecule has 0 unspecified atom stereocenters. The van der Waals surface area contributed by atoms with E-state index in [1.807, 2.05) is 30.3 Å². The molecule has 7 heteroatoms. The Bertz CT molecular complexity index is 1120. The zero-order valence-corrected chi connectivity index (χ0v) is 15.1. The highest BCUT2D eigenvalue weighted by atomic mass is 32.1. The summed E-state index contributed by atoms with van der Waals surface area (Å²) in [6.07, 6.45) is 2.73. The summed E-state index contributed by atoms with van der Waals surface area (Å²) in [7, 11) is 1.62. The van der Waals surface area contributed by atoms with E-state index in [1.165, 1.54) is 0 Å². The van der Waals surface area contributed by atoms with Gasteiger partial charge < -0.3 is 9.84 Å². The van der Waals surface area contributed by atoms with Crippen LogP contribution in [0.4, 0.5) is 0 Å².